The first-order chi connectivity index (χ1) is 9.84. The van der Waals surface area contributed by atoms with Crippen molar-refractivity contribution in [3.05, 3.63) is 34.9 Å². The first-order valence-electron chi connectivity index (χ1n) is 6.77. The number of carbonyl (C=O) groups is 1. The molecule has 1 amide bonds. The molecule has 21 heavy (non-hydrogen) atoms. The highest BCUT2D eigenvalue weighted by Gasteiger charge is 2.28. The van der Waals surface area contributed by atoms with E-state index in [4.69, 9.17) is 11.6 Å². The molecule has 0 aromatic heterocycles. The summed E-state index contributed by atoms with van der Waals surface area (Å²) < 4.78 is 22.7. The minimum atomic E-state index is -2.96. The second kappa shape index (κ2) is 6.77. The maximum absolute atomic E-state index is 11.9. The molecule has 1 aromatic rings. The summed E-state index contributed by atoms with van der Waals surface area (Å²) in [5.41, 5.74) is 1.07. The van der Waals surface area contributed by atoms with Gasteiger partial charge in [0.1, 0.15) is 0 Å². The Labute approximate surface area is 130 Å². The fourth-order valence-electron chi connectivity index (χ4n) is 2.38. The van der Waals surface area contributed by atoms with E-state index in [1.807, 2.05) is 36.2 Å². The van der Waals surface area contributed by atoms with E-state index < -0.39 is 9.84 Å². The van der Waals surface area contributed by atoms with E-state index in [9.17, 15) is 13.2 Å². The molecule has 2 rings (SSSR count). The van der Waals surface area contributed by atoms with Crippen molar-refractivity contribution < 1.29 is 13.2 Å². The molecule has 1 heterocycles. The topological polar surface area (TPSA) is 66.5 Å². The van der Waals surface area contributed by atoms with Crippen LogP contribution in [0.3, 0.4) is 0 Å². The molecule has 0 radical (unpaired) electrons. The van der Waals surface area contributed by atoms with Crippen LogP contribution >= 0.6 is 11.6 Å². The van der Waals surface area contributed by atoms with Crippen molar-refractivity contribution in [3.8, 4) is 0 Å². The molecule has 116 valence electrons. The van der Waals surface area contributed by atoms with E-state index in [0.717, 1.165) is 5.56 Å². The third kappa shape index (κ3) is 5.30. The van der Waals surface area contributed by atoms with Gasteiger partial charge in [0.05, 0.1) is 18.1 Å². The molecule has 1 aliphatic rings. The zero-order valence-electron chi connectivity index (χ0n) is 11.9. The molecule has 1 fully saturated rings. The molecule has 1 atom stereocenters. The maximum atomic E-state index is 11.9. The maximum Gasteiger partial charge on any atom is 0.234 e. The second-order valence-electron chi connectivity index (χ2n) is 5.47. The first kappa shape index (κ1) is 16.3. The van der Waals surface area contributed by atoms with Gasteiger partial charge in [-0.3, -0.25) is 9.69 Å². The van der Waals surface area contributed by atoms with Crippen LogP contribution in [0.4, 0.5) is 0 Å². The van der Waals surface area contributed by atoms with Crippen LogP contribution in [0.5, 0.6) is 0 Å². The van der Waals surface area contributed by atoms with Gasteiger partial charge in [0.2, 0.25) is 5.91 Å². The van der Waals surface area contributed by atoms with Crippen molar-refractivity contribution in [2.24, 2.45) is 0 Å². The molecule has 0 saturated carbocycles. The van der Waals surface area contributed by atoms with E-state index in [2.05, 4.69) is 5.32 Å². The molecule has 0 bridgehead atoms. The molecular formula is C14H19ClN2O3S. The average Bonchev–Trinajstić information content (AvgIpc) is 2.71. The molecule has 1 N–H and O–H groups in total. The zero-order chi connectivity index (χ0) is 15.5. The number of hydrogen-bond donors (Lipinski definition) is 1. The molecule has 0 spiro atoms. The fourth-order valence-corrected chi connectivity index (χ4v) is 4.18. The summed E-state index contributed by atoms with van der Waals surface area (Å²) in [6.45, 7) is 0.868. The van der Waals surface area contributed by atoms with Crippen molar-refractivity contribution in [2.75, 3.05) is 25.1 Å². The molecule has 7 heteroatoms. The number of sulfone groups is 1. The van der Waals surface area contributed by atoms with Crippen LogP contribution in [0.15, 0.2) is 24.3 Å². The molecule has 5 nitrogen and oxygen atoms in total. The van der Waals surface area contributed by atoms with Crippen LogP contribution in [0.25, 0.3) is 0 Å². The van der Waals surface area contributed by atoms with Crippen LogP contribution in [-0.2, 0) is 21.2 Å². The van der Waals surface area contributed by atoms with Crippen LogP contribution in [0.1, 0.15) is 12.0 Å². The summed E-state index contributed by atoms with van der Waals surface area (Å²) in [4.78, 5) is 13.8. The third-order valence-electron chi connectivity index (χ3n) is 3.38. The Hall–Kier alpha value is -1.11. The highest BCUT2D eigenvalue weighted by atomic mass is 35.5. The Bertz CT molecular complexity index is 601. The van der Waals surface area contributed by atoms with Crippen molar-refractivity contribution >= 4 is 27.3 Å². The Morgan fingerprint density at radius 2 is 2.05 bits per heavy atom. The average molecular weight is 331 g/mol. The lowest BCUT2D eigenvalue weighted by molar-refractivity contribution is -0.122. The number of benzene rings is 1. The monoisotopic (exact) mass is 330 g/mol. The van der Waals surface area contributed by atoms with Gasteiger partial charge in [-0.15, -0.1) is 0 Å². The lowest BCUT2D eigenvalue weighted by Crippen LogP contribution is -2.41. The highest BCUT2D eigenvalue weighted by molar-refractivity contribution is 7.91. The minimum Gasteiger partial charge on any atom is -0.351 e. The van der Waals surface area contributed by atoms with Crippen molar-refractivity contribution in [1.82, 2.24) is 10.2 Å². The molecule has 1 aliphatic heterocycles. The van der Waals surface area contributed by atoms with Gasteiger partial charge in [-0.1, -0.05) is 23.7 Å². The van der Waals surface area contributed by atoms with Gasteiger partial charge in [-0.25, -0.2) is 8.42 Å². The number of amides is 1. The van der Waals surface area contributed by atoms with Gasteiger partial charge < -0.3 is 5.32 Å². The Balaban J connectivity index is 1.78. The SMILES string of the molecule is CN(CC(=O)NC1CCS(=O)(=O)C1)Cc1ccc(Cl)cc1. The lowest BCUT2D eigenvalue weighted by Gasteiger charge is -2.18. The van der Waals surface area contributed by atoms with E-state index in [0.29, 0.717) is 18.0 Å². The van der Waals surface area contributed by atoms with Gasteiger partial charge >= 0.3 is 0 Å². The second-order valence-corrected chi connectivity index (χ2v) is 8.13. The Kier molecular flexibility index (Phi) is 5.24. The highest BCUT2D eigenvalue weighted by Crippen LogP contribution is 2.12. The quantitative estimate of drug-likeness (QED) is 0.877. The van der Waals surface area contributed by atoms with Crippen LogP contribution in [0.2, 0.25) is 5.02 Å². The van der Waals surface area contributed by atoms with Gasteiger partial charge in [-0.05, 0) is 31.2 Å². The molecular weight excluding hydrogens is 312 g/mol. The normalized spacial score (nSPS) is 20.6. The van der Waals surface area contributed by atoms with Crippen LogP contribution < -0.4 is 5.32 Å². The molecule has 0 aliphatic carbocycles. The van der Waals surface area contributed by atoms with Crippen molar-refractivity contribution in [3.63, 3.8) is 0 Å². The first-order valence-corrected chi connectivity index (χ1v) is 8.97. The third-order valence-corrected chi connectivity index (χ3v) is 5.40. The summed E-state index contributed by atoms with van der Waals surface area (Å²) in [6.07, 6.45) is 0.509. The summed E-state index contributed by atoms with van der Waals surface area (Å²) >= 11 is 5.82. The van der Waals surface area contributed by atoms with Crippen LogP contribution in [-0.4, -0.2) is 50.4 Å². The summed E-state index contributed by atoms with van der Waals surface area (Å²) in [5, 5.41) is 3.46. The van der Waals surface area contributed by atoms with E-state index in [1.165, 1.54) is 0 Å². The summed E-state index contributed by atoms with van der Waals surface area (Å²) in [6, 6.07) is 7.22. The minimum absolute atomic E-state index is 0.0552. The standard InChI is InChI=1S/C14H19ClN2O3S/c1-17(8-11-2-4-12(15)5-3-11)9-14(18)16-13-6-7-21(19,20)10-13/h2-5,13H,6-10H2,1H3,(H,16,18). The van der Waals surface area contributed by atoms with Gasteiger partial charge in [0, 0.05) is 17.6 Å². The van der Waals surface area contributed by atoms with Gasteiger partial charge in [0.25, 0.3) is 0 Å². The summed E-state index contributed by atoms with van der Waals surface area (Å²) in [7, 11) is -1.12. The smallest absolute Gasteiger partial charge is 0.234 e. The predicted octanol–water partition coefficient (Wildman–Crippen LogP) is 1.08. The Morgan fingerprint density at radius 3 is 2.62 bits per heavy atom. The fraction of sp³-hybridized carbons (Fsp3) is 0.500. The zero-order valence-corrected chi connectivity index (χ0v) is 13.5. The number of nitrogens with zero attached hydrogens (tertiary/aromatic N) is 1. The van der Waals surface area contributed by atoms with E-state index in [-0.39, 0.29) is 30.0 Å². The number of carbonyl (C=O) groups excluding carboxylic acids is 1. The summed E-state index contributed by atoms with van der Waals surface area (Å²) in [5.74, 6) is 0.0756. The van der Waals surface area contributed by atoms with Gasteiger partial charge in [0.15, 0.2) is 9.84 Å². The number of nitrogens with one attached hydrogen (secondary N) is 1. The molecule has 1 unspecified atom stereocenters. The van der Waals surface area contributed by atoms with E-state index in [1.54, 1.807) is 0 Å². The van der Waals surface area contributed by atoms with Crippen molar-refractivity contribution in [2.45, 2.75) is 19.0 Å². The Morgan fingerprint density at radius 1 is 1.38 bits per heavy atom. The number of halogens is 1. The molecule has 1 saturated heterocycles. The van der Waals surface area contributed by atoms with Crippen molar-refractivity contribution in [1.29, 1.82) is 0 Å². The lowest BCUT2D eigenvalue weighted by atomic mass is 10.2. The van der Waals surface area contributed by atoms with Gasteiger partial charge in [-0.2, -0.15) is 0 Å². The number of rotatable bonds is 5. The number of likely N-dealkylation sites (N-methyl/N-ethyl adjacent to an activating group) is 1. The van der Waals surface area contributed by atoms with E-state index >= 15 is 0 Å². The number of hydrogen-bond acceptors (Lipinski definition) is 4. The predicted molar refractivity (Wildman–Crippen MR) is 83.0 cm³/mol. The largest absolute Gasteiger partial charge is 0.351 e. The van der Waals surface area contributed by atoms with Crippen LogP contribution in [0, 0.1) is 0 Å². The molecule has 1 aromatic carbocycles.